The third kappa shape index (κ3) is 4.46. The molecule has 19 heavy (non-hydrogen) atoms. The van der Waals surface area contributed by atoms with Gasteiger partial charge in [-0.15, -0.1) is 0 Å². The second-order valence-electron chi connectivity index (χ2n) is 7.15. The summed E-state index contributed by atoms with van der Waals surface area (Å²) < 4.78 is 0. The highest BCUT2D eigenvalue weighted by atomic mass is 15.1. The second-order valence-corrected chi connectivity index (χ2v) is 7.15. The molecule has 2 aliphatic rings. The Morgan fingerprint density at radius 2 is 1.63 bits per heavy atom. The summed E-state index contributed by atoms with van der Waals surface area (Å²) in [5, 5.41) is 3.58. The molecule has 0 aromatic carbocycles. The highest BCUT2D eigenvalue weighted by Crippen LogP contribution is 2.29. The lowest BCUT2D eigenvalue weighted by Gasteiger charge is -2.37. The van der Waals surface area contributed by atoms with Gasteiger partial charge < -0.3 is 10.2 Å². The van der Waals surface area contributed by atoms with E-state index in [0.29, 0.717) is 0 Å². The molecule has 0 radical (unpaired) electrons. The first-order chi connectivity index (χ1) is 9.20. The molecule has 0 aromatic rings. The van der Waals surface area contributed by atoms with Crippen molar-refractivity contribution in [2.45, 2.75) is 76.8 Å². The summed E-state index contributed by atoms with van der Waals surface area (Å²) in [6, 6.07) is 1.62. The summed E-state index contributed by atoms with van der Waals surface area (Å²) in [6.45, 7) is 3.73. The molecule has 2 aliphatic carbocycles. The fraction of sp³-hybridized carbons (Fsp3) is 1.00. The average molecular weight is 266 g/mol. The minimum Gasteiger partial charge on any atom is -0.317 e. The maximum atomic E-state index is 3.58. The van der Waals surface area contributed by atoms with E-state index in [2.05, 4.69) is 31.2 Å². The molecule has 1 N–H and O–H groups in total. The van der Waals surface area contributed by atoms with E-state index in [1.807, 2.05) is 0 Å². The van der Waals surface area contributed by atoms with Crippen molar-refractivity contribution in [3.63, 3.8) is 0 Å². The molecular weight excluding hydrogens is 232 g/mol. The molecule has 2 rings (SSSR count). The molecule has 0 amide bonds. The predicted octanol–water partition coefficient (Wildman–Crippen LogP) is 3.67. The molecule has 2 saturated carbocycles. The summed E-state index contributed by atoms with van der Waals surface area (Å²) in [5.41, 5.74) is 0. The molecule has 2 nitrogen and oxygen atoms in total. The Bertz CT molecular complexity index is 246. The van der Waals surface area contributed by atoms with E-state index in [0.717, 1.165) is 23.9 Å². The van der Waals surface area contributed by atoms with Crippen molar-refractivity contribution in [1.82, 2.24) is 10.2 Å². The van der Waals surface area contributed by atoms with Gasteiger partial charge >= 0.3 is 0 Å². The first-order valence-corrected chi connectivity index (χ1v) is 8.58. The van der Waals surface area contributed by atoms with Crippen LogP contribution in [0.3, 0.4) is 0 Å². The predicted molar refractivity (Wildman–Crippen MR) is 83.5 cm³/mol. The van der Waals surface area contributed by atoms with Crippen LogP contribution in [0.15, 0.2) is 0 Å². The quantitative estimate of drug-likeness (QED) is 0.781. The number of hydrogen-bond acceptors (Lipinski definition) is 2. The van der Waals surface area contributed by atoms with Crippen molar-refractivity contribution in [1.29, 1.82) is 0 Å². The van der Waals surface area contributed by atoms with Crippen LogP contribution in [0.2, 0.25) is 0 Å². The molecule has 2 atom stereocenters. The Hall–Kier alpha value is -0.0800. The van der Waals surface area contributed by atoms with E-state index >= 15 is 0 Å². The molecule has 0 bridgehead atoms. The zero-order valence-electron chi connectivity index (χ0n) is 13.3. The second kappa shape index (κ2) is 7.64. The van der Waals surface area contributed by atoms with Crippen molar-refractivity contribution >= 4 is 0 Å². The summed E-state index contributed by atoms with van der Waals surface area (Å²) in [7, 11) is 4.53. The van der Waals surface area contributed by atoms with Crippen LogP contribution >= 0.6 is 0 Å². The number of hydrogen-bond donors (Lipinski definition) is 1. The van der Waals surface area contributed by atoms with Crippen molar-refractivity contribution in [2.24, 2.45) is 11.8 Å². The largest absolute Gasteiger partial charge is 0.317 e. The van der Waals surface area contributed by atoms with Gasteiger partial charge in [0, 0.05) is 18.6 Å². The monoisotopic (exact) mass is 266 g/mol. The summed E-state index contributed by atoms with van der Waals surface area (Å²) in [5.74, 6) is 1.84. The summed E-state index contributed by atoms with van der Waals surface area (Å²) >= 11 is 0. The fourth-order valence-corrected chi connectivity index (χ4v) is 4.19. The SMILES string of the molecule is CNC1CCCCCC1CN(C)C1CCC(C)CC1. The van der Waals surface area contributed by atoms with Crippen LogP contribution in [0.25, 0.3) is 0 Å². The third-order valence-corrected chi connectivity index (χ3v) is 5.66. The van der Waals surface area contributed by atoms with Gasteiger partial charge in [-0.3, -0.25) is 0 Å². The van der Waals surface area contributed by atoms with Crippen LogP contribution in [0.5, 0.6) is 0 Å². The molecule has 0 aromatic heterocycles. The van der Waals surface area contributed by atoms with Crippen molar-refractivity contribution < 1.29 is 0 Å². The molecule has 0 spiro atoms. The van der Waals surface area contributed by atoms with Gasteiger partial charge in [0.25, 0.3) is 0 Å². The first-order valence-electron chi connectivity index (χ1n) is 8.58. The zero-order chi connectivity index (χ0) is 13.7. The van der Waals surface area contributed by atoms with Crippen LogP contribution in [0, 0.1) is 11.8 Å². The topological polar surface area (TPSA) is 15.3 Å². The van der Waals surface area contributed by atoms with Gasteiger partial charge in [-0.1, -0.05) is 26.2 Å². The molecule has 0 heterocycles. The minimum atomic E-state index is 0.757. The van der Waals surface area contributed by atoms with Gasteiger partial charge in [0.05, 0.1) is 0 Å². The summed E-state index contributed by atoms with van der Waals surface area (Å²) in [4.78, 5) is 2.69. The Morgan fingerprint density at radius 1 is 0.947 bits per heavy atom. The van der Waals surface area contributed by atoms with E-state index < -0.39 is 0 Å². The fourth-order valence-electron chi connectivity index (χ4n) is 4.19. The lowest BCUT2D eigenvalue weighted by molar-refractivity contribution is 0.135. The van der Waals surface area contributed by atoms with Crippen LogP contribution in [0.4, 0.5) is 0 Å². The van der Waals surface area contributed by atoms with E-state index in [-0.39, 0.29) is 0 Å². The Kier molecular flexibility index (Phi) is 6.15. The van der Waals surface area contributed by atoms with E-state index in [9.17, 15) is 0 Å². The van der Waals surface area contributed by atoms with Crippen LogP contribution in [-0.2, 0) is 0 Å². The number of rotatable bonds is 4. The maximum Gasteiger partial charge on any atom is 0.0104 e. The lowest BCUT2D eigenvalue weighted by Crippen LogP contribution is -2.43. The Labute approximate surface area is 120 Å². The van der Waals surface area contributed by atoms with E-state index in [1.165, 1.54) is 64.3 Å². The van der Waals surface area contributed by atoms with E-state index in [1.54, 1.807) is 0 Å². The minimum absolute atomic E-state index is 0.757. The van der Waals surface area contributed by atoms with Crippen LogP contribution < -0.4 is 5.32 Å². The first kappa shape index (κ1) is 15.3. The summed E-state index contributed by atoms with van der Waals surface area (Å²) in [6.07, 6.45) is 12.9. The Balaban J connectivity index is 1.83. The lowest BCUT2D eigenvalue weighted by atomic mass is 9.86. The van der Waals surface area contributed by atoms with Crippen molar-refractivity contribution in [3.8, 4) is 0 Å². The van der Waals surface area contributed by atoms with Gasteiger partial charge in [-0.05, 0) is 64.5 Å². The maximum absolute atomic E-state index is 3.58. The highest BCUT2D eigenvalue weighted by molar-refractivity contribution is 4.83. The number of nitrogens with one attached hydrogen (secondary N) is 1. The number of nitrogens with zero attached hydrogens (tertiary/aromatic N) is 1. The molecule has 2 unspecified atom stereocenters. The molecule has 0 aliphatic heterocycles. The molecule has 2 fully saturated rings. The van der Waals surface area contributed by atoms with Crippen molar-refractivity contribution in [3.05, 3.63) is 0 Å². The molecule has 2 heteroatoms. The highest BCUT2D eigenvalue weighted by Gasteiger charge is 2.27. The van der Waals surface area contributed by atoms with Gasteiger partial charge in [-0.2, -0.15) is 0 Å². The molecule has 112 valence electrons. The van der Waals surface area contributed by atoms with Gasteiger partial charge in [0.15, 0.2) is 0 Å². The Morgan fingerprint density at radius 3 is 2.32 bits per heavy atom. The van der Waals surface area contributed by atoms with Gasteiger partial charge in [-0.25, -0.2) is 0 Å². The van der Waals surface area contributed by atoms with Crippen molar-refractivity contribution in [2.75, 3.05) is 20.6 Å². The van der Waals surface area contributed by atoms with Gasteiger partial charge in [0.2, 0.25) is 0 Å². The zero-order valence-corrected chi connectivity index (χ0v) is 13.3. The molecular formula is C17H34N2. The average Bonchev–Trinajstić information content (AvgIpc) is 2.64. The van der Waals surface area contributed by atoms with Crippen LogP contribution in [-0.4, -0.2) is 37.6 Å². The molecule has 0 saturated heterocycles. The third-order valence-electron chi connectivity index (χ3n) is 5.66. The standard InChI is InChI=1S/C17H34N2/c1-14-9-11-16(12-10-14)19(3)13-15-7-5-4-6-8-17(15)18-2/h14-18H,4-13H2,1-3H3. The van der Waals surface area contributed by atoms with Gasteiger partial charge in [0.1, 0.15) is 0 Å². The smallest absolute Gasteiger partial charge is 0.0104 e. The van der Waals surface area contributed by atoms with Crippen LogP contribution in [0.1, 0.15) is 64.7 Å². The normalized spacial score (nSPS) is 37.3. The van der Waals surface area contributed by atoms with E-state index in [4.69, 9.17) is 0 Å².